The van der Waals surface area contributed by atoms with Crippen LogP contribution in [0.15, 0.2) is 36.4 Å². The highest BCUT2D eigenvalue weighted by atomic mass is 19.1. The van der Waals surface area contributed by atoms with E-state index in [1.807, 2.05) is 13.8 Å². The molecule has 0 aliphatic carbocycles. The molecule has 0 aliphatic rings. The molecule has 2 aromatic rings. The largest absolute Gasteiger partial charge is 0.398 e. The lowest BCUT2D eigenvalue weighted by Gasteiger charge is -2.10. The van der Waals surface area contributed by atoms with Crippen molar-refractivity contribution in [1.29, 1.82) is 0 Å². The van der Waals surface area contributed by atoms with Crippen molar-refractivity contribution in [1.82, 2.24) is 5.32 Å². The zero-order valence-electron chi connectivity index (χ0n) is 12.2. The molecule has 0 unspecified atom stereocenters. The van der Waals surface area contributed by atoms with Gasteiger partial charge in [0, 0.05) is 17.8 Å². The fourth-order valence-corrected chi connectivity index (χ4v) is 2.25. The SMILES string of the molecule is Cc1cc(F)ccc1CCNC(=O)c1cccc(N)c1C. The van der Waals surface area contributed by atoms with Crippen molar-refractivity contribution in [3.8, 4) is 0 Å². The first-order valence-corrected chi connectivity index (χ1v) is 6.87. The van der Waals surface area contributed by atoms with Crippen molar-refractivity contribution in [3.05, 3.63) is 64.5 Å². The van der Waals surface area contributed by atoms with Crippen LogP contribution in [0.2, 0.25) is 0 Å². The summed E-state index contributed by atoms with van der Waals surface area (Å²) in [6.07, 6.45) is 0.666. The van der Waals surface area contributed by atoms with Crippen LogP contribution in [-0.4, -0.2) is 12.5 Å². The second kappa shape index (κ2) is 6.39. The predicted molar refractivity (Wildman–Crippen MR) is 82.8 cm³/mol. The normalized spacial score (nSPS) is 10.4. The molecule has 0 spiro atoms. The van der Waals surface area contributed by atoms with E-state index in [4.69, 9.17) is 5.73 Å². The Balaban J connectivity index is 1.97. The quantitative estimate of drug-likeness (QED) is 0.849. The molecule has 2 aromatic carbocycles. The zero-order chi connectivity index (χ0) is 15.4. The Kier molecular flexibility index (Phi) is 4.58. The van der Waals surface area contributed by atoms with Gasteiger partial charge in [0.25, 0.3) is 5.91 Å². The Labute approximate surface area is 124 Å². The molecule has 0 aromatic heterocycles. The summed E-state index contributed by atoms with van der Waals surface area (Å²) in [7, 11) is 0. The van der Waals surface area contributed by atoms with Gasteiger partial charge in [0.2, 0.25) is 0 Å². The van der Waals surface area contributed by atoms with E-state index < -0.39 is 0 Å². The van der Waals surface area contributed by atoms with Crippen molar-refractivity contribution in [2.24, 2.45) is 0 Å². The van der Waals surface area contributed by atoms with Crippen LogP contribution in [0, 0.1) is 19.7 Å². The third kappa shape index (κ3) is 3.60. The molecule has 3 nitrogen and oxygen atoms in total. The van der Waals surface area contributed by atoms with Crippen molar-refractivity contribution >= 4 is 11.6 Å². The molecule has 1 amide bonds. The zero-order valence-corrected chi connectivity index (χ0v) is 12.2. The highest BCUT2D eigenvalue weighted by molar-refractivity contribution is 5.96. The highest BCUT2D eigenvalue weighted by Crippen LogP contribution is 2.15. The number of benzene rings is 2. The van der Waals surface area contributed by atoms with Gasteiger partial charge >= 0.3 is 0 Å². The van der Waals surface area contributed by atoms with Gasteiger partial charge in [-0.2, -0.15) is 0 Å². The molecule has 3 N–H and O–H groups in total. The molecular weight excluding hydrogens is 267 g/mol. The van der Waals surface area contributed by atoms with Crippen LogP contribution in [0.5, 0.6) is 0 Å². The number of nitrogens with two attached hydrogens (primary N) is 1. The highest BCUT2D eigenvalue weighted by Gasteiger charge is 2.10. The van der Waals surface area contributed by atoms with Crippen LogP contribution < -0.4 is 11.1 Å². The number of amides is 1. The molecule has 4 heteroatoms. The van der Waals surface area contributed by atoms with Crippen LogP contribution in [0.1, 0.15) is 27.0 Å². The van der Waals surface area contributed by atoms with Crippen LogP contribution in [0.25, 0.3) is 0 Å². The monoisotopic (exact) mass is 286 g/mol. The number of hydrogen-bond acceptors (Lipinski definition) is 2. The van der Waals surface area contributed by atoms with Gasteiger partial charge in [-0.1, -0.05) is 12.1 Å². The van der Waals surface area contributed by atoms with Crippen LogP contribution in [0.4, 0.5) is 10.1 Å². The molecular formula is C17H19FN2O. The third-order valence-corrected chi connectivity index (χ3v) is 3.60. The number of nitrogens with one attached hydrogen (secondary N) is 1. The van der Waals surface area contributed by atoms with E-state index in [0.717, 1.165) is 16.7 Å². The fraction of sp³-hybridized carbons (Fsp3) is 0.235. The number of halogens is 1. The van der Waals surface area contributed by atoms with E-state index in [9.17, 15) is 9.18 Å². The molecule has 0 radical (unpaired) electrons. The molecule has 0 fully saturated rings. The summed E-state index contributed by atoms with van der Waals surface area (Å²) < 4.78 is 13.0. The first-order valence-electron chi connectivity index (χ1n) is 6.87. The van der Waals surface area contributed by atoms with Gasteiger partial charge in [0.05, 0.1) is 0 Å². The van der Waals surface area contributed by atoms with E-state index in [1.54, 1.807) is 24.3 Å². The molecule has 110 valence electrons. The Bertz CT molecular complexity index is 668. The minimum absolute atomic E-state index is 0.139. The van der Waals surface area contributed by atoms with Gasteiger partial charge in [-0.05, 0) is 61.2 Å². The number of carbonyl (C=O) groups excluding carboxylic acids is 1. The second-order valence-electron chi connectivity index (χ2n) is 5.10. The number of carbonyl (C=O) groups is 1. The summed E-state index contributed by atoms with van der Waals surface area (Å²) in [6.45, 7) is 4.19. The fourth-order valence-electron chi connectivity index (χ4n) is 2.25. The van der Waals surface area contributed by atoms with Gasteiger partial charge in [-0.15, -0.1) is 0 Å². The lowest BCUT2D eigenvalue weighted by Crippen LogP contribution is -2.26. The molecule has 21 heavy (non-hydrogen) atoms. The topological polar surface area (TPSA) is 55.1 Å². The minimum atomic E-state index is -0.240. The Morgan fingerprint density at radius 2 is 2.00 bits per heavy atom. The van der Waals surface area contributed by atoms with Crippen LogP contribution in [-0.2, 0) is 6.42 Å². The van der Waals surface area contributed by atoms with E-state index in [0.29, 0.717) is 24.2 Å². The number of hydrogen-bond donors (Lipinski definition) is 2. The summed E-state index contributed by atoms with van der Waals surface area (Å²) in [6, 6.07) is 9.98. The van der Waals surface area contributed by atoms with E-state index in [-0.39, 0.29) is 11.7 Å². The molecule has 0 bridgehead atoms. The Morgan fingerprint density at radius 1 is 1.24 bits per heavy atom. The summed E-state index contributed by atoms with van der Waals surface area (Å²) in [5.74, 6) is -0.379. The average Bonchev–Trinajstić information content (AvgIpc) is 2.44. The van der Waals surface area contributed by atoms with E-state index in [1.165, 1.54) is 12.1 Å². The van der Waals surface area contributed by atoms with Crippen LogP contribution in [0.3, 0.4) is 0 Å². The van der Waals surface area contributed by atoms with Crippen LogP contribution >= 0.6 is 0 Å². The van der Waals surface area contributed by atoms with Gasteiger partial charge < -0.3 is 11.1 Å². The average molecular weight is 286 g/mol. The summed E-state index contributed by atoms with van der Waals surface area (Å²) in [5.41, 5.74) is 9.70. The van der Waals surface area contributed by atoms with E-state index in [2.05, 4.69) is 5.32 Å². The van der Waals surface area contributed by atoms with E-state index >= 15 is 0 Å². The maximum absolute atomic E-state index is 13.0. The molecule has 0 aliphatic heterocycles. The van der Waals surface area contributed by atoms with Gasteiger partial charge in [-0.3, -0.25) is 4.79 Å². The number of anilines is 1. The Morgan fingerprint density at radius 3 is 2.71 bits per heavy atom. The molecule has 0 atom stereocenters. The lowest BCUT2D eigenvalue weighted by atomic mass is 10.0. The lowest BCUT2D eigenvalue weighted by molar-refractivity contribution is 0.0953. The molecule has 0 saturated carbocycles. The maximum atomic E-state index is 13.0. The van der Waals surface area contributed by atoms with Crippen molar-refractivity contribution in [2.45, 2.75) is 20.3 Å². The summed E-state index contributed by atoms with van der Waals surface area (Å²) in [4.78, 5) is 12.1. The standard InChI is InChI=1S/C17H19FN2O/c1-11-10-14(18)7-6-13(11)8-9-20-17(21)15-4-3-5-16(19)12(15)2/h3-7,10H,8-9,19H2,1-2H3,(H,20,21). The predicted octanol–water partition coefficient (Wildman–Crippen LogP) is 3.00. The first-order chi connectivity index (χ1) is 9.99. The minimum Gasteiger partial charge on any atom is -0.398 e. The smallest absolute Gasteiger partial charge is 0.251 e. The Hall–Kier alpha value is -2.36. The molecule has 2 rings (SSSR count). The third-order valence-electron chi connectivity index (χ3n) is 3.60. The van der Waals surface area contributed by atoms with Gasteiger partial charge in [0.15, 0.2) is 0 Å². The molecule has 0 heterocycles. The van der Waals surface area contributed by atoms with Crippen molar-refractivity contribution in [3.63, 3.8) is 0 Å². The number of aryl methyl sites for hydroxylation is 1. The second-order valence-corrected chi connectivity index (χ2v) is 5.10. The van der Waals surface area contributed by atoms with Gasteiger partial charge in [0.1, 0.15) is 5.82 Å². The maximum Gasteiger partial charge on any atom is 0.251 e. The number of nitrogen functional groups attached to an aromatic ring is 1. The van der Waals surface area contributed by atoms with Gasteiger partial charge in [-0.25, -0.2) is 4.39 Å². The summed E-state index contributed by atoms with van der Waals surface area (Å²) in [5, 5.41) is 2.87. The summed E-state index contributed by atoms with van der Waals surface area (Å²) >= 11 is 0. The molecule has 0 saturated heterocycles. The first kappa shape index (κ1) is 15.0. The van der Waals surface area contributed by atoms with Crippen molar-refractivity contribution in [2.75, 3.05) is 12.3 Å². The number of rotatable bonds is 4. The van der Waals surface area contributed by atoms with Crippen molar-refractivity contribution < 1.29 is 9.18 Å².